The van der Waals surface area contributed by atoms with Crippen LogP contribution in [0.15, 0.2) is 36.4 Å². The number of halogens is 2. The molecule has 1 aromatic heterocycles. The summed E-state index contributed by atoms with van der Waals surface area (Å²) in [4.78, 5) is 11.1. The maximum atomic E-state index is 12.8. The molecular weight excluding hydrogens is 436 g/mol. The molecule has 2 unspecified atom stereocenters. The summed E-state index contributed by atoms with van der Waals surface area (Å²) in [5.41, 5.74) is 3.69. The smallest absolute Gasteiger partial charge is 0.307 e. The van der Waals surface area contributed by atoms with Gasteiger partial charge in [-0.3, -0.25) is 4.79 Å². The highest BCUT2D eigenvalue weighted by Crippen LogP contribution is 2.48. The number of rotatable bonds is 8. The van der Waals surface area contributed by atoms with Gasteiger partial charge in [-0.25, -0.2) is 8.78 Å². The quantitative estimate of drug-likeness (QED) is 0.518. The van der Waals surface area contributed by atoms with E-state index < -0.39 is 25.4 Å². The molecule has 0 radical (unpaired) electrons. The Balaban J connectivity index is 1.56. The number of carboxylic acids is 1. The number of aliphatic carboxylic acids is 1. The molecule has 0 amide bonds. The van der Waals surface area contributed by atoms with Crippen LogP contribution in [-0.2, 0) is 4.79 Å². The highest BCUT2D eigenvalue weighted by molar-refractivity contribution is 7.17. The first-order valence-electron chi connectivity index (χ1n) is 9.95. The topological polar surface area (TPSA) is 96.1 Å². The van der Waals surface area contributed by atoms with Crippen molar-refractivity contribution < 1.29 is 23.4 Å². The van der Waals surface area contributed by atoms with Gasteiger partial charge >= 0.3 is 5.97 Å². The zero-order valence-electron chi connectivity index (χ0n) is 17.1. The lowest BCUT2D eigenvalue weighted by Gasteiger charge is -2.13. The number of aromatic nitrogens is 2. The lowest BCUT2D eigenvalue weighted by Crippen LogP contribution is -2.21. The third-order valence-corrected chi connectivity index (χ3v) is 6.43. The molecule has 0 saturated heterocycles. The van der Waals surface area contributed by atoms with Gasteiger partial charge in [0.05, 0.1) is 11.5 Å². The number of hydrogen-bond donors (Lipinski definition) is 1. The SMILES string of the molecule is Cc1cc(C2CC2C(=O)O)ccc1-c1nnc(-c2ccc(OC(CF)CF)c(C#N)c2)s1. The molecule has 1 saturated carbocycles. The largest absolute Gasteiger partial charge is 0.484 e. The van der Waals surface area contributed by atoms with E-state index in [1.165, 1.54) is 17.4 Å². The van der Waals surface area contributed by atoms with Gasteiger partial charge in [-0.15, -0.1) is 10.2 Å². The summed E-state index contributed by atoms with van der Waals surface area (Å²) in [7, 11) is 0. The van der Waals surface area contributed by atoms with Crippen LogP contribution in [0.5, 0.6) is 5.75 Å². The molecule has 1 N–H and O–H groups in total. The van der Waals surface area contributed by atoms with Gasteiger partial charge in [-0.2, -0.15) is 5.26 Å². The number of nitriles is 1. The van der Waals surface area contributed by atoms with Crippen LogP contribution in [-0.4, -0.2) is 40.7 Å². The van der Waals surface area contributed by atoms with E-state index in [2.05, 4.69) is 10.2 Å². The number of aryl methyl sites for hydroxylation is 1. The normalized spacial score (nSPS) is 17.2. The van der Waals surface area contributed by atoms with E-state index in [0.717, 1.165) is 16.7 Å². The van der Waals surface area contributed by atoms with Gasteiger partial charge in [0.1, 0.15) is 35.2 Å². The van der Waals surface area contributed by atoms with Gasteiger partial charge in [-0.05, 0) is 48.6 Å². The molecule has 3 aromatic rings. The van der Waals surface area contributed by atoms with Crippen LogP contribution in [0.1, 0.15) is 29.0 Å². The summed E-state index contributed by atoms with van der Waals surface area (Å²) >= 11 is 1.35. The zero-order valence-corrected chi connectivity index (χ0v) is 17.9. The second-order valence-electron chi connectivity index (χ2n) is 7.64. The Bertz CT molecular complexity index is 1200. The summed E-state index contributed by atoms with van der Waals surface area (Å²) in [6.45, 7) is -0.0262. The highest BCUT2D eigenvalue weighted by Gasteiger charge is 2.44. The number of benzene rings is 2. The number of ether oxygens (including phenoxy) is 1. The maximum Gasteiger partial charge on any atom is 0.307 e. The zero-order chi connectivity index (χ0) is 22.8. The Kier molecular flexibility index (Phi) is 6.15. The molecule has 9 heteroatoms. The average molecular weight is 455 g/mol. The van der Waals surface area contributed by atoms with Crippen LogP contribution in [0.25, 0.3) is 21.1 Å². The Morgan fingerprint density at radius 2 is 2.00 bits per heavy atom. The fourth-order valence-corrected chi connectivity index (χ4v) is 4.51. The predicted octanol–water partition coefficient (Wildman–Crippen LogP) is 4.93. The minimum Gasteiger partial charge on any atom is -0.484 e. The number of nitrogens with zero attached hydrogens (tertiary/aromatic N) is 3. The Morgan fingerprint density at radius 3 is 2.62 bits per heavy atom. The molecule has 1 heterocycles. The van der Waals surface area contributed by atoms with Crippen molar-refractivity contribution in [3.8, 4) is 33.0 Å². The monoisotopic (exact) mass is 455 g/mol. The van der Waals surface area contributed by atoms with E-state index in [-0.39, 0.29) is 23.1 Å². The van der Waals surface area contributed by atoms with E-state index in [1.807, 2.05) is 31.2 Å². The molecule has 1 fully saturated rings. The van der Waals surface area contributed by atoms with Gasteiger partial charge in [0.2, 0.25) is 0 Å². The van der Waals surface area contributed by atoms with E-state index >= 15 is 0 Å². The number of hydrogen-bond acceptors (Lipinski definition) is 6. The third-order valence-electron chi connectivity index (χ3n) is 5.43. The minimum absolute atomic E-state index is 0.0600. The minimum atomic E-state index is -1.24. The van der Waals surface area contributed by atoms with Crippen molar-refractivity contribution in [1.29, 1.82) is 5.26 Å². The molecule has 4 rings (SSSR count). The fourth-order valence-electron chi connectivity index (χ4n) is 3.58. The number of alkyl halides is 2. The molecule has 164 valence electrons. The Morgan fingerprint density at radius 1 is 1.25 bits per heavy atom. The van der Waals surface area contributed by atoms with Crippen molar-refractivity contribution in [1.82, 2.24) is 10.2 Å². The second kappa shape index (κ2) is 9.01. The third kappa shape index (κ3) is 4.32. The summed E-state index contributed by atoms with van der Waals surface area (Å²) in [5, 5.41) is 28.3. The lowest BCUT2D eigenvalue weighted by atomic mass is 10.0. The summed E-state index contributed by atoms with van der Waals surface area (Å²) in [6, 6.07) is 12.6. The molecule has 0 aliphatic heterocycles. The Labute approximate surface area is 187 Å². The predicted molar refractivity (Wildman–Crippen MR) is 115 cm³/mol. The Hall–Kier alpha value is -3.38. The molecule has 2 atom stereocenters. The number of carboxylic acid groups (broad SMARTS) is 1. The van der Waals surface area contributed by atoms with Crippen molar-refractivity contribution in [2.45, 2.75) is 25.4 Å². The lowest BCUT2D eigenvalue weighted by molar-refractivity contribution is -0.138. The van der Waals surface area contributed by atoms with Gasteiger partial charge in [0, 0.05) is 11.1 Å². The van der Waals surface area contributed by atoms with Crippen LogP contribution in [0.2, 0.25) is 0 Å². The van der Waals surface area contributed by atoms with Gasteiger partial charge in [0.15, 0.2) is 6.10 Å². The van der Waals surface area contributed by atoms with E-state index in [9.17, 15) is 18.8 Å². The summed E-state index contributed by atoms with van der Waals surface area (Å²) in [5.74, 6) is -0.888. The van der Waals surface area contributed by atoms with E-state index in [0.29, 0.717) is 22.0 Å². The average Bonchev–Trinajstić information content (AvgIpc) is 3.47. The molecule has 6 nitrogen and oxygen atoms in total. The maximum absolute atomic E-state index is 12.8. The van der Waals surface area contributed by atoms with Crippen molar-refractivity contribution in [2.75, 3.05) is 13.3 Å². The first-order chi connectivity index (χ1) is 15.4. The first-order valence-corrected chi connectivity index (χ1v) is 10.8. The molecule has 32 heavy (non-hydrogen) atoms. The van der Waals surface area contributed by atoms with Crippen molar-refractivity contribution in [3.63, 3.8) is 0 Å². The van der Waals surface area contributed by atoms with Crippen molar-refractivity contribution in [3.05, 3.63) is 53.1 Å². The standard InChI is InChI=1S/C23H19F2N3O3S/c1-12-6-13(18-8-19(18)23(29)30)2-4-17(12)22-28-27-21(32-22)14-3-5-20(15(7-14)11-26)31-16(9-24)10-25/h2-7,16,18-19H,8-10H2,1H3,(H,29,30). The number of carbonyl (C=O) groups is 1. The first kappa shape index (κ1) is 21.8. The summed E-state index contributed by atoms with van der Waals surface area (Å²) in [6.07, 6.45) is -0.580. The van der Waals surface area contributed by atoms with Crippen LogP contribution >= 0.6 is 11.3 Å². The fraction of sp³-hybridized carbons (Fsp3) is 0.304. The van der Waals surface area contributed by atoms with Crippen molar-refractivity contribution >= 4 is 17.3 Å². The van der Waals surface area contributed by atoms with Crippen LogP contribution in [0, 0.1) is 24.2 Å². The molecule has 0 spiro atoms. The van der Waals surface area contributed by atoms with Gasteiger partial charge < -0.3 is 9.84 Å². The van der Waals surface area contributed by atoms with E-state index in [4.69, 9.17) is 9.84 Å². The van der Waals surface area contributed by atoms with Crippen molar-refractivity contribution in [2.24, 2.45) is 5.92 Å². The molecule has 1 aliphatic carbocycles. The summed E-state index contributed by atoms with van der Waals surface area (Å²) < 4.78 is 30.7. The van der Waals surface area contributed by atoms with Gasteiger partial charge in [-0.1, -0.05) is 29.5 Å². The van der Waals surface area contributed by atoms with E-state index in [1.54, 1.807) is 12.1 Å². The van der Waals surface area contributed by atoms with Crippen LogP contribution in [0.4, 0.5) is 8.78 Å². The highest BCUT2D eigenvalue weighted by atomic mass is 32.1. The molecular formula is C23H19F2N3O3S. The van der Waals surface area contributed by atoms with Crippen LogP contribution in [0.3, 0.4) is 0 Å². The molecule has 0 bridgehead atoms. The second-order valence-corrected chi connectivity index (χ2v) is 8.62. The molecule has 2 aromatic carbocycles. The van der Waals surface area contributed by atoms with Crippen LogP contribution < -0.4 is 4.74 Å². The molecule has 1 aliphatic rings. The van der Waals surface area contributed by atoms with Gasteiger partial charge in [0.25, 0.3) is 0 Å².